The summed E-state index contributed by atoms with van der Waals surface area (Å²) in [6.45, 7) is 7.07. The Morgan fingerprint density at radius 1 is 1.33 bits per heavy atom. The fraction of sp³-hybridized carbons (Fsp3) is 0.471. The highest BCUT2D eigenvalue weighted by atomic mass is 15.3. The Bertz CT molecular complexity index is 617. The molecule has 21 heavy (non-hydrogen) atoms. The maximum absolute atomic E-state index is 6.32. The Kier molecular flexibility index (Phi) is 3.97. The number of rotatable bonds is 3. The van der Waals surface area contributed by atoms with Crippen LogP contribution in [0.5, 0.6) is 0 Å². The van der Waals surface area contributed by atoms with Gasteiger partial charge in [0.25, 0.3) is 0 Å². The minimum Gasteiger partial charge on any atom is -0.365 e. The average molecular weight is 284 g/mol. The molecule has 1 aromatic heterocycles. The first kappa shape index (κ1) is 14.1. The molecule has 0 bridgehead atoms. The van der Waals surface area contributed by atoms with Crippen molar-refractivity contribution in [2.45, 2.75) is 45.8 Å². The van der Waals surface area contributed by atoms with E-state index in [1.165, 1.54) is 16.9 Å². The predicted octanol–water partition coefficient (Wildman–Crippen LogP) is 3.01. The monoisotopic (exact) mass is 284 g/mol. The number of aryl methyl sites for hydroxylation is 2. The SMILES string of the molecule is CCn1nc(C)cc1CN1CCCC(N)c2ccccc21. The molecule has 1 atom stereocenters. The van der Waals surface area contributed by atoms with E-state index in [4.69, 9.17) is 5.73 Å². The third kappa shape index (κ3) is 2.81. The Balaban J connectivity index is 1.93. The van der Waals surface area contributed by atoms with Gasteiger partial charge >= 0.3 is 0 Å². The number of aromatic nitrogens is 2. The second-order valence-electron chi connectivity index (χ2n) is 5.82. The van der Waals surface area contributed by atoms with Crippen LogP contribution in [0, 0.1) is 6.92 Å². The zero-order chi connectivity index (χ0) is 14.8. The lowest BCUT2D eigenvalue weighted by Crippen LogP contribution is -2.25. The van der Waals surface area contributed by atoms with Crippen LogP contribution in [0.15, 0.2) is 30.3 Å². The highest BCUT2D eigenvalue weighted by Gasteiger charge is 2.21. The van der Waals surface area contributed by atoms with Crippen molar-refractivity contribution in [2.24, 2.45) is 5.73 Å². The molecule has 1 aliphatic heterocycles. The Morgan fingerprint density at radius 2 is 2.14 bits per heavy atom. The number of para-hydroxylation sites is 1. The van der Waals surface area contributed by atoms with Crippen molar-refractivity contribution < 1.29 is 0 Å². The number of hydrogen-bond donors (Lipinski definition) is 1. The summed E-state index contributed by atoms with van der Waals surface area (Å²) >= 11 is 0. The molecule has 0 saturated heterocycles. The van der Waals surface area contributed by atoms with E-state index in [-0.39, 0.29) is 6.04 Å². The van der Waals surface area contributed by atoms with Gasteiger partial charge in [0.2, 0.25) is 0 Å². The van der Waals surface area contributed by atoms with Gasteiger partial charge in [-0.3, -0.25) is 4.68 Å². The summed E-state index contributed by atoms with van der Waals surface area (Å²) in [5, 5.41) is 4.55. The Hall–Kier alpha value is -1.81. The second-order valence-corrected chi connectivity index (χ2v) is 5.82. The van der Waals surface area contributed by atoms with E-state index in [2.05, 4.69) is 58.9 Å². The van der Waals surface area contributed by atoms with Gasteiger partial charge < -0.3 is 10.6 Å². The van der Waals surface area contributed by atoms with Crippen molar-refractivity contribution in [1.29, 1.82) is 0 Å². The van der Waals surface area contributed by atoms with Gasteiger partial charge in [-0.15, -0.1) is 0 Å². The molecule has 0 radical (unpaired) electrons. The van der Waals surface area contributed by atoms with Crippen molar-refractivity contribution in [3.63, 3.8) is 0 Å². The van der Waals surface area contributed by atoms with Crippen LogP contribution in [0.2, 0.25) is 0 Å². The molecule has 4 nitrogen and oxygen atoms in total. The molecule has 0 fully saturated rings. The minimum absolute atomic E-state index is 0.157. The first-order chi connectivity index (χ1) is 10.2. The molecule has 0 saturated carbocycles. The second kappa shape index (κ2) is 5.90. The van der Waals surface area contributed by atoms with Gasteiger partial charge in [-0.1, -0.05) is 18.2 Å². The number of anilines is 1. The standard InChI is InChI=1S/C17H24N4/c1-3-21-14(11-13(2)19-21)12-20-10-6-8-16(18)15-7-4-5-9-17(15)20/h4-5,7,9,11,16H,3,6,8,10,12,18H2,1-2H3. The third-order valence-electron chi connectivity index (χ3n) is 4.26. The van der Waals surface area contributed by atoms with Crippen LogP contribution in [0.25, 0.3) is 0 Å². The smallest absolute Gasteiger partial charge is 0.0599 e. The van der Waals surface area contributed by atoms with Crippen molar-refractivity contribution in [1.82, 2.24) is 9.78 Å². The number of nitrogens with zero attached hydrogens (tertiary/aromatic N) is 3. The van der Waals surface area contributed by atoms with Gasteiger partial charge in [0, 0.05) is 24.8 Å². The van der Waals surface area contributed by atoms with Gasteiger partial charge in [0.15, 0.2) is 0 Å². The predicted molar refractivity (Wildman–Crippen MR) is 86.3 cm³/mol. The van der Waals surface area contributed by atoms with Crippen LogP contribution in [0.4, 0.5) is 5.69 Å². The number of benzene rings is 1. The lowest BCUT2D eigenvalue weighted by Gasteiger charge is -2.25. The quantitative estimate of drug-likeness (QED) is 0.942. The van der Waals surface area contributed by atoms with Gasteiger partial charge in [0.1, 0.15) is 0 Å². The van der Waals surface area contributed by atoms with Crippen LogP contribution in [-0.4, -0.2) is 16.3 Å². The van der Waals surface area contributed by atoms with E-state index in [0.29, 0.717) is 0 Å². The summed E-state index contributed by atoms with van der Waals surface area (Å²) in [5.41, 5.74) is 11.2. The van der Waals surface area contributed by atoms with Crippen molar-refractivity contribution in [2.75, 3.05) is 11.4 Å². The van der Waals surface area contributed by atoms with E-state index >= 15 is 0 Å². The fourth-order valence-corrected chi connectivity index (χ4v) is 3.23. The van der Waals surface area contributed by atoms with Crippen LogP contribution >= 0.6 is 0 Å². The van der Waals surface area contributed by atoms with Crippen molar-refractivity contribution >= 4 is 5.69 Å². The largest absolute Gasteiger partial charge is 0.365 e. The maximum atomic E-state index is 6.32. The molecule has 0 aliphatic carbocycles. The number of fused-ring (bicyclic) bond motifs is 1. The third-order valence-corrected chi connectivity index (χ3v) is 4.26. The van der Waals surface area contributed by atoms with E-state index in [9.17, 15) is 0 Å². The van der Waals surface area contributed by atoms with Gasteiger partial charge in [-0.2, -0.15) is 5.10 Å². The summed E-state index contributed by atoms with van der Waals surface area (Å²) in [7, 11) is 0. The van der Waals surface area contributed by atoms with Gasteiger partial charge in [-0.25, -0.2) is 0 Å². The van der Waals surface area contributed by atoms with E-state index in [1.807, 2.05) is 0 Å². The van der Waals surface area contributed by atoms with Gasteiger partial charge in [0.05, 0.1) is 17.9 Å². The normalized spacial score (nSPS) is 18.4. The first-order valence-corrected chi connectivity index (χ1v) is 7.82. The molecular formula is C17H24N4. The van der Waals surface area contributed by atoms with Crippen LogP contribution in [0.3, 0.4) is 0 Å². The van der Waals surface area contributed by atoms with E-state index in [0.717, 1.165) is 38.2 Å². The number of hydrogen-bond acceptors (Lipinski definition) is 3. The maximum Gasteiger partial charge on any atom is 0.0599 e. The first-order valence-electron chi connectivity index (χ1n) is 7.82. The molecule has 4 heteroatoms. The Morgan fingerprint density at radius 3 is 2.95 bits per heavy atom. The van der Waals surface area contributed by atoms with Crippen LogP contribution in [0.1, 0.15) is 42.8 Å². The molecule has 1 aromatic carbocycles. The lowest BCUT2D eigenvalue weighted by atomic mass is 10.0. The average Bonchev–Trinajstić information content (AvgIpc) is 2.77. The van der Waals surface area contributed by atoms with Crippen LogP contribution < -0.4 is 10.6 Å². The zero-order valence-electron chi connectivity index (χ0n) is 12.9. The van der Waals surface area contributed by atoms with Crippen molar-refractivity contribution in [3.05, 3.63) is 47.3 Å². The topological polar surface area (TPSA) is 47.1 Å². The Labute approximate surface area is 126 Å². The molecule has 112 valence electrons. The molecule has 3 rings (SSSR count). The molecule has 2 N–H and O–H groups in total. The van der Waals surface area contributed by atoms with E-state index in [1.54, 1.807) is 0 Å². The van der Waals surface area contributed by atoms with Crippen LogP contribution in [-0.2, 0) is 13.1 Å². The highest BCUT2D eigenvalue weighted by Crippen LogP contribution is 2.32. The molecule has 0 amide bonds. The minimum atomic E-state index is 0.157. The summed E-state index contributed by atoms with van der Waals surface area (Å²) in [5.74, 6) is 0. The van der Waals surface area contributed by atoms with Crippen molar-refractivity contribution in [3.8, 4) is 0 Å². The zero-order valence-corrected chi connectivity index (χ0v) is 12.9. The molecule has 2 heterocycles. The summed E-state index contributed by atoms with van der Waals surface area (Å²) in [6.07, 6.45) is 2.19. The molecule has 1 unspecified atom stereocenters. The fourth-order valence-electron chi connectivity index (χ4n) is 3.23. The number of nitrogens with two attached hydrogens (primary N) is 1. The molecule has 1 aliphatic rings. The van der Waals surface area contributed by atoms with Gasteiger partial charge in [-0.05, 0) is 44.4 Å². The molecular weight excluding hydrogens is 260 g/mol. The summed E-state index contributed by atoms with van der Waals surface area (Å²) < 4.78 is 2.10. The molecule has 2 aromatic rings. The summed E-state index contributed by atoms with van der Waals surface area (Å²) in [4.78, 5) is 2.45. The summed E-state index contributed by atoms with van der Waals surface area (Å²) in [6, 6.07) is 10.9. The highest BCUT2D eigenvalue weighted by molar-refractivity contribution is 5.56. The molecule has 0 spiro atoms. The van der Waals surface area contributed by atoms with E-state index < -0.39 is 0 Å². The lowest BCUT2D eigenvalue weighted by molar-refractivity contribution is 0.594.